The molecule has 1 heterocycles. The van der Waals surface area contributed by atoms with Gasteiger partial charge in [0, 0.05) is 36.4 Å². The summed E-state index contributed by atoms with van der Waals surface area (Å²) < 4.78 is 0. The SMILES string of the molecule is C[C@@H](NC(=O)c1ccc(N2CCC(NC3CCCC3)CC2)cc1)c1ccccc1. The van der Waals surface area contributed by atoms with Crippen LogP contribution in [0.3, 0.4) is 0 Å². The molecule has 4 rings (SSSR count). The molecule has 0 bridgehead atoms. The molecule has 0 spiro atoms. The predicted octanol–water partition coefficient (Wildman–Crippen LogP) is 4.68. The number of nitrogens with zero attached hydrogens (tertiary/aromatic N) is 1. The fourth-order valence-corrected chi connectivity index (χ4v) is 4.66. The van der Waals surface area contributed by atoms with Gasteiger partial charge in [0.25, 0.3) is 5.91 Å². The van der Waals surface area contributed by atoms with Gasteiger partial charge in [0.2, 0.25) is 0 Å². The minimum Gasteiger partial charge on any atom is -0.371 e. The molecule has 0 aromatic heterocycles. The Kier molecular flexibility index (Phi) is 6.50. The molecule has 4 heteroatoms. The van der Waals surface area contributed by atoms with Gasteiger partial charge in [-0.2, -0.15) is 0 Å². The summed E-state index contributed by atoms with van der Waals surface area (Å²) in [6.45, 7) is 4.19. The molecule has 2 aromatic carbocycles. The fourth-order valence-electron chi connectivity index (χ4n) is 4.66. The van der Waals surface area contributed by atoms with Gasteiger partial charge in [0.05, 0.1) is 6.04 Å². The highest BCUT2D eigenvalue weighted by Crippen LogP contribution is 2.24. The van der Waals surface area contributed by atoms with Gasteiger partial charge in [0.15, 0.2) is 0 Å². The van der Waals surface area contributed by atoms with E-state index in [-0.39, 0.29) is 11.9 Å². The van der Waals surface area contributed by atoms with Crippen molar-refractivity contribution in [3.63, 3.8) is 0 Å². The Bertz CT molecular complexity index is 775. The van der Waals surface area contributed by atoms with Crippen molar-refractivity contribution in [2.24, 2.45) is 0 Å². The Labute approximate surface area is 174 Å². The van der Waals surface area contributed by atoms with Gasteiger partial charge < -0.3 is 15.5 Å². The molecule has 154 valence electrons. The summed E-state index contributed by atoms with van der Waals surface area (Å²) in [4.78, 5) is 15.0. The van der Waals surface area contributed by atoms with E-state index in [9.17, 15) is 4.79 Å². The van der Waals surface area contributed by atoms with Crippen LogP contribution in [-0.2, 0) is 0 Å². The highest BCUT2D eigenvalue weighted by atomic mass is 16.1. The van der Waals surface area contributed by atoms with E-state index >= 15 is 0 Å². The summed E-state index contributed by atoms with van der Waals surface area (Å²) in [5, 5.41) is 6.96. The number of hydrogen-bond donors (Lipinski definition) is 2. The van der Waals surface area contributed by atoms with Crippen LogP contribution in [0.15, 0.2) is 54.6 Å². The van der Waals surface area contributed by atoms with Gasteiger partial charge in [-0.15, -0.1) is 0 Å². The van der Waals surface area contributed by atoms with Crippen LogP contribution in [0.25, 0.3) is 0 Å². The lowest BCUT2D eigenvalue weighted by Gasteiger charge is -2.35. The quantitative estimate of drug-likeness (QED) is 0.752. The third-order valence-corrected chi connectivity index (χ3v) is 6.46. The number of carbonyl (C=O) groups is 1. The van der Waals surface area contributed by atoms with Crippen molar-refractivity contribution in [2.45, 2.75) is 63.6 Å². The largest absolute Gasteiger partial charge is 0.371 e. The average Bonchev–Trinajstić information content (AvgIpc) is 3.28. The number of benzene rings is 2. The summed E-state index contributed by atoms with van der Waals surface area (Å²) in [6, 6.07) is 19.6. The van der Waals surface area contributed by atoms with E-state index in [1.165, 1.54) is 44.2 Å². The van der Waals surface area contributed by atoms with Crippen molar-refractivity contribution in [2.75, 3.05) is 18.0 Å². The van der Waals surface area contributed by atoms with E-state index in [2.05, 4.69) is 27.7 Å². The monoisotopic (exact) mass is 391 g/mol. The summed E-state index contributed by atoms with van der Waals surface area (Å²) >= 11 is 0. The number of anilines is 1. The average molecular weight is 392 g/mol. The van der Waals surface area contributed by atoms with Crippen LogP contribution in [0, 0.1) is 0 Å². The first-order valence-electron chi connectivity index (χ1n) is 11.2. The predicted molar refractivity (Wildman–Crippen MR) is 119 cm³/mol. The first kappa shape index (κ1) is 20.0. The van der Waals surface area contributed by atoms with Crippen molar-refractivity contribution in [3.8, 4) is 0 Å². The van der Waals surface area contributed by atoms with Crippen LogP contribution in [0.5, 0.6) is 0 Å². The zero-order valence-electron chi connectivity index (χ0n) is 17.4. The third kappa shape index (κ3) is 5.18. The Hall–Kier alpha value is -2.33. The maximum atomic E-state index is 12.6. The van der Waals surface area contributed by atoms with Crippen LogP contribution in [0.1, 0.15) is 67.4 Å². The fraction of sp³-hybridized carbons (Fsp3) is 0.480. The molecule has 2 N–H and O–H groups in total. The minimum atomic E-state index is -0.0209. The van der Waals surface area contributed by atoms with Crippen molar-refractivity contribution in [1.29, 1.82) is 0 Å². The lowest BCUT2D eigenvalue weighted by Crippen LogP contribution is -2.45. The molecule has 0 unspecified atom stereocenters. The molecule has 2 fully saturated rings. The van der Waals surface area contributed by atoms with Crippen molar-refractivity contribution in [3.05, 3.63) is 65.7 Å². The van der Waals surface area contributed by atoms with E-state index in [1.54, 1.807) is 0 Å². The second kappa shape index (κ2) is 9.45. The van der Waals surface area contributed by atoms with Gasteiger partial charge in [-0.05, 0) is 62.4 Å². The molecular formula is C25H33N3O. The summed E-state index contributed by atoms with van der Waals surface area (Å²) in [6.07, 6.45) is 7.89. The second-order valence-electron chi connectivity index (χ2n) is 8.56. The molecule has 1 aliphatic heterocycles. The lowest BCUT2D eigenvalue weighted by molar-refractivity contribution is 0.0940. The van der Waals surface area contributed by atoms with Gasteiger partial charge in [-0.25, -0.2) is 0 Å². The summed E-state index contributed by atoms with van der Waals surface area (Å²) in [7, 11) is 0. The topological polar surface area (TPSA) is 44.4 Å². The molecule has 1 saturated carbocycles. The highest BCUT2D eigenvalue weighted by Gasteiger charge is 2.23. The van der Waals surface area contributed by atoms with Gasteiger partial charge >= 0.3 is 0 Å². The Morgan fingerprint density at radius 1 is 0.897 bits per heavy atom. The maximum Gasteiger partial charge on any atom is 0.251 e. The van der Waals surface area contributed by atoms with Crippen LogP contribution in [0.2, 0.25) is 0 Å². The van der Waals surface area contributed by atoms with E-state index in [4.69, 9.17) is 0 Å². The molecule has 0 radical (unpaired) electrons. The van der Waals surface area contributed by atoms with Crippen LogP contribution in [-0.4, -0.2) is 31.1 Å². The molecule has 29 heavy (non-hydrogen) atoms. The van der Waals surface area contributed by atoms with E-state index in [0.29, 0.717) is 11.6 Å². The van der Waals surface area contributed by atoms with Gasteiger partial charge in [0.1, 0.15) is 0 Å². The number of rotatable bonds is 6. The first-order chi connectivity index (χ1) is 14.2. The molecule has 1 amide bonds. The molecular weight excluding hydrogens is 358 g/mol. The summed E-state index contributed by atoms with van der Waals surface area (Å²) in [5.74, 6) is -0.0209. The van der Waals surface area contributed by atoms with Crippen LogP contribution < -0.4 is 15.5 Å². The number of nitrogens with one attached hydrogen (secondary N) is 2. The van der Waals surface area contributed by atoms with Crippen LogP contribution in [0.4, 0.5) is 5.69 Å². The number of piperidine rings is 1. The van der Waals surface area contributed by atoms with Crippen molar-refractivity contribution in [1.82, 2.24) is 10.6 Å². The van der Waals surface area contributed by atoms with Crippen LogP contribution >= 0.6 is 0 Å². The second-order valence-corrected chi connectivity index (χ2v) is 8.56. The van der Waals surface area contributed by atoms with Gasteiger partial charge in [-0.1, -0.05) is 43.2 Å². The molecule has 2 aliphatic rings. The highest BCUT2D eigenvalue weighted by molar-refractivity contribution is 5.94. The molecule has 2 aromatic rings. The Morgan fingerprint density at radius 2 is 1.52 bits per heavy atom. The number of carbonyl (C=O) groups excluding carboxylic acids is 1. The normalized spacial score (nSPS) is 19.3. The number of amides is 1. The minimum absolute atomic E-state index is 0.00484. The van der Waals surface area contributed by atoms with E-state index in [0.717, 1.165) is 24.7 Å². The molecule has 1 saturated heterocycles. The van der Waals surface area contributed by atoms with E-state index < -0.39 is 0 Å². The zero-order valence-corrected chi connectivity index (χ0v) is 17.4. The molecule has 1 aliphatic carbocycles. The standard InChI is InChI=1S/C25H33N3O/c1-19(20-7-3-2-4-8-20)26-25(29)21-11-13-24(14-12-21)28-17-15-23(16-18-28)27-22-9-5-6-10-22/h2-4,7-8,11-14,19,22-23,27H,5-6,9-10,15-18H2,1H3,(H,26,29)/t19-/m1/s1. The lowest BCUT2D eigenvalue weighted by atomic mass is 10.0. The smallest absolute Gasteiger partial charge is 0.251 e. The molecule has 4 nitrogen and oxygen atoms in total. The maximum absolute atomic E-state index is 12.6. The van der Waals surface area contributed by atoms with Crippen molar-refractivity contribution >= 4 is 11.6 Å². The number of hydrogen-bond acceptors (Lipinski definition) is 3. The third-order valence-electron chi connectivity index (χ3n) is 6.46. The van der Waals surface area contributed by atoms with Crippen molar-refractivity contribution < 1.29 is 4.79 Å². The van der Waals surface area contributed by atoms with E-state index in [1.807, 2.05) is 49.4 Å². The summed E-state index contributed by atoms with van der Waals surface area (Å²) in [5.41, 5.74) is 3.05. The zero-order chi connectivity index (χ0) is 20.1. The Morgan fingerprint density at radius 3 is 2.17 bits per heavy atom. The Balaban J connectivity index is 1.28. The van der Waals surface area contributed by atoms with Gasteiger partial charge in [-0.3, -0.25) is 4.79 Å². The molecule has 1 atom stereocenters. The first-order valence-corrected chi connectivity index (χ1v) is 11.2.